The van der Waals surface area contributed by atoms with E-state index in [0.717, 1.165) is 12.0 Å². The average Bonchev–Trinajstić information content (AvgIpc) is 2.51. The zero-order valence-corrected chi connectivity index (χ0v) is 9.16. The van der Waals surface area contributed by atoms with Crippen molar-refractivity contribution in [3.05, 3.63) is 23.3 Å². The summed E-state index contributed by atoms with van der Waals surface area (Å²) in [5.41, 5.74) is 1.07. The van der Waals surface area contributed by atoms with Crippen LogP contribution in [0.25, 0.3) is 0 Å². The Balaban J connectivity index is 2.48. The number of carboxylic acids is 1. The monoisotopic (exact) mass is 222 g/mol. The van der Waals surface area contributed by atoms with Crippen molar-refractivity contribution in [3.63, 3.8) is 0 Å². The van der Waals surface area contributed by atoms with Crippen LogP contribution in [0.15, 0.2) is 12.1 Å². The zero-order valence-electron chi connectivity index (χ0n) is 9.16. The number of benzene rings is 1. The average molecular weight is 222 g/mol. The maximum absolute atomic E-state index is 11.1. The summed E-state index contributed by atoms with van der Waals surface area (Å²) in [5, 5.41) is 9.07. The SMILES string of the molecule is CCc1cc2c(cc1C(=O)O)OCCCO2. The molecule has 4 nitrogen and oxygen atoms in total. The summed E-state index contributed by atoms with van der Waals surface area (Å²) in [5.74, 6) is 0.263. The van der Waals surface area contributed by atoms with Gasteiger partial charge in [0.2, 0.25) is 0 Å². The largest absolute Gasteiger partial charge is 0.490 e. The summed E-state index contributed by atoms with van der Waals surface area (Å²) in [6.45, 7) is 3.10. The highest BCUT2D eigenvalue weighted by atomic mass is 16.5. The van der Waals surface area contributed by atoms with Gasteiger partial charge < -0.3 is 14.6 Å². The Labute approximate surface area is 93.8 Å². The molecule has 0 spiro atoms. The van der Waals surface area contributed by atoms with Gasteiger partial charge in [-0.15, -0.1) is 0 Å². The molecule has 0 atom stereocenters. The van der Waals surface area contributed by atoms with E-state index in [0.29, 0.717) is 36.7 Å². The van der Waals surface area contributed by atoms with Gasteiger partial charge in [0.25, 0.3) is 0 Å². The molecule has 0 saturated heterocycles. The van der Waals surface area contributed by atoms with Crippen LogP contribution >= 0.6 is 0 Å². The molecule has 1 aromatic rings. The van der Waals surface area contributed by atoms with Crippen molar-refractivity contribution >= 4 is 5.97 Å². The fourth-order valence-corrected chi connectivity index (χ4v) is 1.74. The second-order valence-corrected chi connectivity index (χ2v) is 3.67. The first-order chi connectivity index (χ1) is 7.72. The molecule has 1 aliphatic heterocycles. The van der Waals surface area contributed by atoms with E-state index < -0.39 is 5.97 Å². The number of aryl methyl sites for hydroxylation is 1. The molecule has 4 heteroatoms. The summed E-state index contributed by atoms with van der Waals surface area (Å²) < 4.78 is 11.0. The fourth-order valence-electron chi connectivity index (χ4n) is 1.74. The normalized spacial score (nSPS) is 14.3. The number of carbonyl (C=O) groups is 1. The molecule has 1 N–H and O–H groups in total. The second kappa shape index (κ2) is 4.43. The molecule has 1 heterocycles. The third-order valence-electron chi connectivity index (χ3n) is 2.58. The van der Waals surface area contributed by atoms with Gasteiger partial charge in [-0.25, -0.2) is 4.79 Å². The highest BCUT2D eigenvalue weighted by Crippen LogP contribution is 2.33. The first-order valence-electron chi connectivity index (χ1n) is 5.38. The maximum atomic E-state index is 11.1. The predicted molar refractivity (Wildman–Crippen MR) is 58.4 cm³/mol. The van der Waals surface area contributed by atoms with E-state index >= 15 is 0 Å². The van der Waals surface area contributed by atoms with Crippen LogP contribution in [0.5, 0.6) is 11.5 Å². The Kier molecular flexibility index (Phi) is 2.99. The van der Waals surface area contributed by atoms with Gasteiger partial charge >= 0.3 is 5.97 Å². The van der Waals surface area contributed by atoms with Crippen LogP contribution in [0.4, 0.5) is 0 Å². The van der Waals surface area contributed by atoms with Crippen molar-refractivity contribution in [2.45, 2.75) is 19.8 Å². The minimum Gasteiger partial charge on any atom is -0.490 e. The molecule has 86 valence electrons. The van der Waals surface area contributed by atoms with E-state index in [9.17, 15) is 4.79 Å². The molecule has 2 rings (SSSR count). The number of carboxylic acid groups (broad SMARTS) is 1. The number of hydrogen-bond donors (Lipinski definition) is 1. The third-order valence-corrected chi connectivity index (χ3v) is 2.58. The van der Waals surface area contributed by atoms with Gasteiger partial charge in [-0.1, -0.05) is 6.92 Å². The van der Waals surface area contributed by atoms with Crippen molar-refractivity contribution < 1.29 is 19.4 Å². The topological polar surface area (TPSA) is 55.8 Å². The smallest absolute Gasteiger partial charge is 0.336 e. The van der Waals surface area contributed by atoms with Crippen LogP contribution < -0.4 is 9.47 Å². The fraction of sp³-hybridized carbons (Fsp3) is 0.417. The van der Waals surface area contributed by atoms with Gasteiger partial charge in [-0.2, -0.15) is 0 Å². The molecule has 0 fully saturated rings. The van der Waals surface area contributed by atoms with Crippen LogP contribution in [0, 0.1) is 0 Å². The van der Waals surface area contributed by atoms with E-state index in [1.165, 1.54) is 0 Å². The lowest BCUT2D eigenvalue weighted by Crippen LogP contribution is -2.03. The van der Waals surface area contributed by atoms with Crippen molar-refractivity contribution in [1.82, 2.24) is 0 Å². The Bertz CT molecular complexity index is 412. The predicted octanol–water partition coefficient (Wildman–Crippen LogP) is 2.11. The second-order valence-electron chi connectivity index (χ2n) is 3.67. The van der Waals surface area contributed by atoms with Gasteiger partial charge in [0.15, 0.2) is 11.5 Å². The van der Waals surface area contributed by atoms with Crippen LogP contribution in [0.1, 0.15) is 29.3 Å². The highest BCUT2D eigenvalue weighted by Gasteiger charge is 2.17. The molecule has 0 aromatic heterocycles. The molecule has 1 aromatic carbocycles. The van der Waals surface area contributed by atoms with E-state index in [1.54, 1.807) is 12.1 Å². The molecule has 0 saturated carbocycles. The molecule has 0 amide bonds. The van der Waals surface area contributed by atoms with Crippen molar-refractivity contribution in [2.75, 3.05) is 13.2 Å². The van der Waals surface area contributed by atoms with Gasteiger partial charge in [0.1, 0.15) is 0 Å². The van der Waals surface area contributed by atoms with E-state index in [4.69, 9.17) is 14.6 Å². The summed E-state index contributed by atoms with van der Waals surface area (Å²) >= 11 is 0. The van der Waals surface area contributed by atoms with Crippen molar-refractivity contribution in [3.8, 4) is 11.5 Å². The van der Waals surface area contributed by atoms with E-state index in [2.05, 4.69) is 0 Å². The van der Waals surface area contributed by atoms with Gasteiger partial charge in [0.05, 0.1) is 18.8 Å². The molecule has 0 bridgehead atoms. The molecule has 0 radical (unpaired) electrons. The highest BCUT2D eigenvalue weighted by molar-refractivity contribution is 5.90. The van der Waals surface area contributed by atoms with Crippen LogP contribution in [0.3, 0.4) is 0 Å². The standard InChI is InChI=1S/C12H14O4/c1-2-8-6-10-11(7-9(8)12(13)14)16-5-3-4-15-10/h6-7H,2-5H2,1H3,(H,13,14). The molecule has 0 unspecified atom stereocenters. The van der Waals surface area contributed by atoms with Crippen molar-refractivity contribution in [2.24, 2.45) is 0 Å². The number of ether oxygens (including phenoxy) is 2. The Morgan fingerprint density at radius 2 is 1.94 bits per heavy atom. The minimum atomic E-state index is -0.924. The van der Waals surface area contributed by atoms with Crippen LogP contribution in [-0.2, 0) is 6.42 Å². The van der Waals surface area contributed by atoms with E-state index in [-0.39, 0.29) is 0 Å². The number of aromatic carboxylic acids is 1. The number of hydrogen-bond acceptors (Lipinski definition) is 3. The summed E-state index contributed by atoms with van der Waals surface area (Å²) in [4.78, 5) is 11.1. The Morgan fingerprint density at radius 3 is 2.50 bits per heavy atom. The molecular formula is C12H14O4. The summed E-state index contributed by atoms with van der Waals surface area (Å²) in [6.07, 6.45) is 1.48. The number of fused-ring (bicyclic) bond motifs is 1. The lowest BCUT2D eigenvalue weighted by molar-refractivity contribution is 0.0695. The van der Waals surface area contributed by atoms with Crippen LogP contribution in [0.2, 0.25) is 0 Å². The third kappa shape index (κ3) is 1.96. The first-order valence-corrected chi connectivity index (χ1v) is 5.38. The Morgan fingerprint density at radius 1 is 1.31 bits per heavy atom. The molecule has 0 aliphatic carbocycles. The first kappa shape index (κ1) is 10.8. The quantitative estimate of drug-likeness (QED) is 0.832. The van der Waals surface area contributed by atoms with Crippen LogP contribution in [-0.4, -0.2) is 24.3 Å². The number of rotatable bonds is 2. The lowest BCUT2D eigenvalue weighted by atomic mass is 10.0. The van der Waals surface area contributed by atoms with Gasteiger partial charge in [-0.3, -0.25) is 0 Å². The summed E-state index contributed by atoms with van der Waals surface area (Å²) in [6, 6.07) is 3.33. The van der Waals surface area contributed by atoms with E-state index in [1.807, 2.05) is 6.92 Å². The van der Waals surface area contributed by atoms with Gasteiger partial charge in [0, 0.05) is 6.42 Å². The van der Waals surface area contributed by atoms with Crippen molar-refractivity contribution in [1.29, 1.82) is 0 Å². The summed E-state index contributed by atoms with van der Waals surface area (Å²) in [7, 11) is 0. The maximum Gasteiger partial charge on any atom is 0.336 e. The zero-order chi connectivity index (χ0) is 11.5. The Hall–Kier alpha value is -1.71. The molecule has 1 aliphatic rings. The molecule has 16 heavy (non-hydrogen) atoms. The molecular weight excluding hydrogens is 208 g/mol. The lowest BCUT2D eigenvalue weighted by Gasteiger charge is -2.11. The van der Waals surface area contributed by atoms with Gasteiger partial charge in [-0.05, 0) is 24.1 Å². The minimum absolute atomic E-state index is 0.298.